The first kappa shape index (κ1) is 15.4. The minimum absolute atomic E-state index is 0.0153. The maximum absolute atomic E-state index is 10.8. The number of aliphatic hydroxyl groups excluding tert-OH is 2. The van der Waals surface area contributed by atoms with Gasteiger partial charge in [-0.05, 0) is 32.2 Å². The van der Waals surface area contributed by atoms with Crippen LogP contribution >= 0.6 is 0 Å². The average Bonchev–Trinajstić information content (AvgIpc) is 2.28. The average molecular weight is 260 g/mol. The van der Waals surface area contributed by atoms with Crippen molar-refractivity contribution in [3.8, 4) is 0 Å². The van der Waals surface area contributed by atoms with E-state index in [0.29, 0.717) is 26.1 Å². The van der Waals surface area contributed by atoms with Crippen molar-refractivity contribution in [3.63, 3.8) is 0 Å². The van der Waals surface area contributed by atoms with E-state index < -0.39 is 12.1 Å². The van der Waals surface area contributed by atoms with Gasteiger partial charge in [0.1, 0.15) is 0 Å². The Morgan fingerprint density at radius 1 is 1.50 bits per heavy atom. The standard InChI is InChI=1S/C12H24N2O4/c1-9(16)10-5-11(13-3-2-4-15)7-14(6-10)8-12(17)18/h9-11,13,15-16H,2-8H2,1H3,(H,17,18). The molecule has 0 aromatic heterocycles. The van der Waals surface area contributed by atoms with Crippen molar-refractivity contribution in [2.24, 2.45) is 5.92 Å². The van der Waals surface area contributed by atoms with E-state index in [2.05, 4.69) is 5.32 Å². The number of rotatable bonds is 7. The van der Waals surface area contributed by atoms with E-state index >= 15 is 0 Å². The Morgan fingerprint density at radius 3 is 2.78 bits per heavy atom. The molecule has 0 amide bonds. The lowest BCUT2D eigenvalue weighted by Crippen LogP contribution is -2.52. The second-order valence-corrected chi connectivity index (χ2v) is 5.05. The summed E-state index contributed by atoms with van der Waals surface area (Å²) in [6, 6.07) is 0.184. The summed E-state index contributed by atoms with van der Waals surface area (Å²) in [5.41, 5.74) is 0. The smallest absolute Gasteiger partial charge is 0.317 e. The normalized spacial score (nSPS) is 27.1. The monoisotopic (exact) mass is 260 g/mol. The molecule has 3 unspecified atom stereocenters. The summed E-state index contributed by atoms with van der Waals surface area (Å²) < 4.78 is 0. The van der Waals surface area contributed by atoms with Gasteiger partial charge in [0, 0.05) is 25.7 Å². The van der Waals surface area contributed by atoms with Gasteiger partial charge in [0.2, 0.25) is 0 Å². The van der Waals surface area contributed by atoms with Crippen LogP contribution in [0.3, 0.4) is 0 Å². The molecule has 0 radical (unpaired) electrons. The first-order valence-corrected chi connectivity index (χ1v) is 6.49. The number of hydrogen-bond donors (Lipinski definition) is 4. The van der Waals surface area contributed by atoms with Crippen LogP contribution in [0.1, 0.15) is 19.8 Å². The molecular formula is C12H24N2O4. The summed E-state index contributed by atoms with van der Waals surface area (Å²) in [4.78, 5) is 12.6. The molecule has 6 nitrogen and oxygen atoms in total. The minimum atomic E-state index is -0.838. The molecule has 0 bridgehead atoms. The number of carbonyl (C=O) groups is 1. The fourth-order valence-electron chi connectivity index (χ4n) is 2.44. The van der Waals surface area contributed by atoms with E-state index in [1.165, 1.54) is 0 Å². The fourth-order valence-corrected chi connectivity index (χ4v) is 2.44. The topological polar surface area (TPSA) is 93.0 Å². The zero-order valence-electron chi connectivity index (χ0n) is 10.9. The van der Waals surface area contributed by atoms with Gasteiger partial charge >= 0.3 is 5.97 Å². The third kappa shape index (κ3) is 5.30. The van der Waals surface area contributed by atoms with E-state index in [0.717, 1.165) is 6.42 Å². The molecule has 0 spiro atoms. The molecule has 4 N–H and O–H groups in total. The minimum Gasteiger partial charge on any atom is -0.480 e. The van der Waals surface area contributed by atoms with Gasteiger partial charge in [-0.25, -0.2) is 0 Å². The summed E-state index contributed by atoms with van der Waals surface area (Å²) in [5, 5.41) is 30.6. The predicted molar refractivity (Wildman–Crippen MR) is 67.4 cm³/mol. The lowest BCUT2D eigenvalue weighted by Gasteiger charge is -2.38. The molecule has 1 heterocycles. The summed E-state index contributed by atoms with van der Waals surface area (Å²) >= 11 is 0. The zero-order valence-corrected chi connectivity index (χ0v) is 10.9. The molecule has 18 heavy (non-hydrogen) atoms. The van der Waals surface area contributed by atoms with E-state index in [-0.39, 0.29) is 25.1 Å². The summed E-state index contributed by atoms with van der Waals surface area (Å²) in [6.07, 6.45) is 1.11. The third-order valence-electron chi connectivity index (χ3n) is 3.37. The molecule has 1 aliphatic rings. The number of piperidine rings is 1. The zero-order chi connectivity index (χ0) is 13.5. The van der Waals surface area contributed by atoms with Crippen LogP contribution in [-0.4, -0.2) is 71.1 Å². The summed E-state index contributed by atoms with van der Waals surface area (Å²) in [5.74, 6) is -0.736. The Hall–Kier alpha value is -0.690. The Kier molecular flexibility index (Phi) is 6.56. The van der Waals surface area contributed by atoms with Gasteiger partial charge in [-0.15, -0.1) is 0 Å². The van der Waals surface area contributed by atoms with Crippen LogP contribution in [0.2, 0.25) is 0 Å². The van der Waals surface area contributed by atoms with Gasteiger partial charge in [0.05, 0.1) is 12.6 Å². The van der Waals surface area contributed by atoms with Crippen LogP contribution in [-0.2, 0) is 4.79 Å². The SMILES string of the molecule is CC(O)C1CC(NCCCO)CN(CC(=O)O)C1. The van der Waals surface area contributed by atoms with Crippen LogP contribution in [0.25, 0.3) is 0 Å². The molecule has 3 atom stereocenters. The first-order valence-electron chi connectivity index (χ1n) is 6.49. The van der Waals surface area contributed by atoms with Gasteiger partial charge in [-0.3, -0.25) is 9.69 Å². The molecular weight excluding hydrogens is 236 g/mol. The molecule has 1 saturated heterocycles. The van der Waals surface area contributed by atoms with Crippen LogP contribution in [0.15, 0.2) is 0 Å². The van der Waals surface area contributed by atoms with Crippen molar-refractivity contribution in [3.05, 3.63) is 0 Å². The summed E-state index contributed by atoms with van der Waals surface area (Å²) in [7, 11) is 0. The number of carboxylic acid groups (broad SMARTS) is 1. The van der Waals surface area contributed by atoms with Gasteiger partial charge in [0.25, 0.3) is 0 Å². The van der Waals surface area contributed by atoms with Crippen LogP contribution < -0.4 is 5.32 Å². The first-order chi connectivity index (χ1) is 8.52. The fraction of sp³-hybridized carbons (Fsp3) is 0.917. The maximum atomic E-state index is 10.8. The Morgan fingerprint density at radius 2 is 2.22 bits per heavy atom. The number of aliphatic carboxylic acids is 1. The highest BCUT2D eigenvalue weighted by Crippen LogP contribution is 2.20. The lowest BCUT2D eigenvalue weighted by molar-refractivity contribution is -0.139. The second-order valence-electron chi connectivity index (χ2n) is 5.05. The highest BCUT2D eigenvalue weighted by molar-refractivity contribution is 5.69. The molecule has 1 fully saturated rings. The Balaban J connectivity index is 2.48. The Labute approximate surface area is 108 Å². The van der Waals surface area contributed by atoms with Crippen molar-refractivity contribution >= 4 is 5.97 Å². The number of aliphatic hydroxyl groups is 2. The molecule has 1 aliphatic heterocycles. The van der Waals surface area contributed by atoms with E-state index in [4.69, 9.17) is 10.2 Å². The van der Waals surface area contributed by atoms with E-state index in [1.807, 2.05) is 4.90 Å². The lowest BCUT2D eigenvalue weighted by atomic mass is 9.90. The van der Waals surface area contributed by atoms with Crippen LogP contribution in [0.5, 0.6) is 0 Å². The second kappa shape index (κ2) is 7.68. The van der Waals surface area contributed by atoms with E-state index in [1.54, 1.807) is 6.92 Å². The molecule has 0 aromatic carbocycles. The predicted octanol–water partition coefficient (Wildman–Crippen LogP) is -0.886. The van der Waals surface area contributed by atoms with E-state index in [9.17, 15) is 9.90 Å². The van der Waals surface area contributed by atoms with Crippen molar-refractivity contribution in [1.29, 1.82) is 0 Å². The molecule has 0 aliphatic carbocycles. The largest absolute Gasteiger partial charge is 0.480 e. The van der Waals surface area contributed by atoms with Crippen molar-refractivity contribution in [2.75, 3.05) is 32.8 Å². The number of carboxylic acids is 1. The van der Waals surface area contributed by atoms with Gasteiger partial charge in [-0.1, -0.05) is 0 Å². The van der Waals surface area contributed by atoms with Gasteiger partial charge in [-0.2, -0.15) is 0 Å². The van der Waals surface area contributed by atoms with Crippen LogP contribution in [0.4, 0.5) is 0 Å². The molecule has 1 rings (SSSR count). The number of likely N-dealkylation sites (tertiary alicyclic amines) is 1. The quantitative estimate of drug-likeness (QED) is 0.444. The van der Waals surface area contributed by atoms with Crippen molar-refractivity contribution in [1.82, 2.24) is 10.2 Å². The molecule has 0 saturated carbocycles. The van der Waals surface area contributed by atoms with Crippen LogP contribution in [0, 0.1) is 5.92 Å². The number of hydrogen-bond acceptors (Lipinski definition) is 5. The summed E-state index contributed by atoms with van der Waals surface area (Å²) in [6.45, 7) is 3.94. The maximum Gasteiger partial charge on any atom is 0.317 e. The molecule has 0 aromatic rings. The molecule has 6 heteroatoms. The highest BCUT2D eigenvalue weighted by atomic mass is 16.4. The Bertz CT molecular complexity index is 260. The number of nitrogens with zero attached hydrogens (tertiary/aromatic N) is 1. The third-order valence-corrected chi connectivity index (χ3v) is 3.37. The van der Waals surface area contributed by atoms with Crippen molar-refractivity contribution in [2.45, 2.75) is 31.9 Å². The number of nitrogens with one attached hydrogen (secondary N) is 1. The van der Waals surface area contributed by atoms with Crippen molar-refractivity contribution < 1.29 is 20.1 Å². The van der Waals surface area contributed by atoms with Gasteiger partial charge in [0.15, 0.2) is 0 Å². The molecule has 106 valence electrons. The van der Waals surface area contributed by atoms with Gasteiger partial charge < -0.3 is 20.6 Å². The highest BCUT2D eigenvalue weighted by Gasteiger charge is 2.30.